The van der Waals surface area contributed by atoms with Crippen molar-refractivity contribution in [2.75, 3.05) is 20.2 Å². The van der Waals surface area contributed by atoms with E-state index in [2.05, 4.69) is 18.9 Å². The van der Waals surface area contributed by atoms with E-state index in [1.54, 1.807) is 0 Å². The molecular formula is C7H15NO. The molecule has 0 aromatic carbocycles. The van der Waals surface area contributed by atoms with Gasteiger partial charge in [0.1, 0.15) is 6.23 Å². The third-order valence-electron chi connectivity index (χ3n) is 1.90. The molecule has 1 unspecified atom stereocenters. The van der Waals surface area contributed by atoms with Crippen LogP contribution in [-0.4, -0.2) is 31.3 Å². The van der Waals surface area contributed by atoms with Crippen LogP contribution in [0.5, 0.6) is 0 Å². The molecule has 2 nitrogen and oxygen atoms in total. The predicted octanol–water partition coefficient (Wildman–Crippen LogP) is 1.07. The Morgan fingerprint density at radius 1 is 1.67 bits per heavy atom. The van der Waals surface area contributed by atoms with Crippen LogP contribution >= 0.6 is 0 Å². The van der Waals surface area contributed by atoms with Gasteiger partial charge in [0, 0.05) is 6.61 Å². The SMILES string of the molecule is CCN(C)C1CCCO1. The van der Waals surface area contributed by atoms with Gasteiger partial charge in [-0.05, 0) is 26.4 Å². The minimum Gasteiger partial charge on any atom is -0.363 e. The number of hydrogen-bond acceptors (Lipinski definition) is 2. The molecule has 9 heavy (non-hydrogen) atoms. The van der Waals surface area contributed by atoms with E-state index < -0.39 is 0 Å². The van der Waals surface area contributed by atoms with Crippen LogP contribution in [0.1, 0.15) is 19.8 Å². The maximum absolute atomic E-state index is 5.43. The molecule has 1 saturated heterocycles. The van der Waals surface area contributed by atoms with E-state index in [1.807, 2.05) is 0 Å². The highest BCUT2D eigenvalue weighted by molar-refractivity contribution is 4.62. The van der Waals surface area contributed by atoms with Gasteiger partial charge in [-0.3, -0.25) is 4.90 Å². The first-order valence-electron chi connectivity index (χ1n) is 3.66. The highest BCUT2D eigenvalue weighted by Gasteiger charge is 2.17. The molecule has 0 radical (unpaired) electrons. The fraction of sp³-hybridized carbons (Fsp3) is 1.00. The zero-order valence-electron chi connectivity index (χ0n) is 6.26. The minimum absolute atomic E-state index is 0.412. The molecule has 0 N–H and O–H groups in total. The molecule has 1 aliphatic heterocycles. The number of nitrogens with zero attached hydrogens (tertiary/aromatic N) is 1. The van der Waals surface area contributed by atoms with Crippen LogP contribution in [-0.2, 0) is 4.74 Å². The molecule has 0 amide bonds. The van der Waals surface area contributed by atoms with E-state index in [4.69, 9.17) is 4.74 Å². The molecule has 1 rings (SSSR count). The molecule has 0 saturated carbocycles. The van der Waals surface area contributed by atoms with Gasteiger partial charge in [-0.15, -0.1) is 0 Å². The third-order valence-corrected chi connectivity index (χ3v) is 1.90. The molecule has 1 heterocycles. The average Bonchev–Trinajstić information content (AvgIpc) is 2.37. The van der Waals surface area contributed by atoms with E-state index in [0.29, 0.717) is 6.23 Å². The van der Waals surface area contributed by atoms with Gasteiger partial charge in [-0.25, -0.2) is 0 Å². The minimum atomic E-state index is 0.412. The summed E-state index contributed by atoms with van der Waals surface area (Å²) in [4.78, 5) is 2.24. The molecule has 2 heteroatoms. The van der Waals surface area contributed by atoms with Crippen LogP contribution in [0.15, 0.2) is 0 Å². The quantitative estimate of drug-likeness (QED) is 0.553. The van der Waals surface area contributed by atoms with E-state index in [9.17, 15) is 0 Å². The van der Waals surface area contributed by atoms with Crippen LogP contribution in [0.25, 0.3) is 0 Å². The summed E-state index contributed by atoms with van der Waals surface area (Å²) in [5, 5.41) is 0. The fourth-order valence-electron chi connectivity index (χ4n) is 1.11. The first kappa shape index (κ1) is 7.03. The van der Waals surface area contributed by atoms with Gasteiger partial charge in [-0.2, -0.15) is 0 Å². The monoisotopic (exact) mass is 129 g/mol. The molecule has 1 fully saturated rings. The summed E-state index contributed by atoms with van der Waals surface area (Å²) in [5.74, 6) is 0. The normalized spacial score (nSPS) is 27.7. The Bertz CT molecular complexity index is 79.0. The lowest BCUT2D eigenvalue weighted by Crippen LogP contribution is -2.30. The summed E-state index contributed by atoms with van der Waals surface area (Å²) in [6, 6.07) is 0. The summed E-state index contributed by atoms with van der Waals surface area (Å²) in [5.41, 5.74) is 0. The lowest BCUT2D eigenvalue weighted by atomic mass is 10.3. The maximum Gasteiger partial charge on any atom is 0.110 e. The third kappa shape index (κ3) is 1.66. The van der Waals surface area contributed by atoms with Crippen molar-refractivity contribution >= 4 is 0 Å². The second-order valence-electron chi connectivity index (χ2n) is 2.54. The second-order valence-corrected chi connectivity index (χ2v) is 2.54. The molecule has 54 valence electrons. The summed E-state index contributed by atoms with van der Waals surface area (Å²) < 4.78 is 5.43. The van der Waals surface area contributed by atoms with Gasteiger partial charge in [0.15, 0.2) is 0 Å². The van der Waals surface area contributed by atoms with Crippen LogP contribution in [0.4, 0.5) is 0 Å². The van der Waals surface area contributed by atoms with Crippen molar-refractivity contribution in [2.45, 2.75) is 26.0 Å². The van der Waals surface area contributed by atoms with Crippen LogP contribution in [0.2, 0.25) is 0 Å². The largest absolute Gasteiger partial charge is 0.363 e. The van der Waals surface area contributed by atoms with Gasteiger partial charge >= 0.3 is 0 Å². The zero-order chi connectivity index (χ0) is 6.69. The fourth-order valence-corrected chi connectivity index (χ4v) is 1.11. The molecule has 0 spiro atoms. The van der Waals surface area contributed by atoms with Gasteiger partial charge < -0.3 is 4.74 Å². The number of rotatable bonds is 2. The van der Waals surface area contributed by atoms with Gasteiger partial charge in [0.25, 0.3) is 0 Å². The molecule has 1 atom stereocenters. The van der Waals surface area contributed by atoms with Crippen molar-refractivity contribution < 1.29 is 4.74 Å². The van der Waals surface area contributed by atoms with Crippen LogP contribution in [0, 0.1) is 0 Å². The zero-order valence-corrected chi connectivity index (χ0v) is 6.26. The number of ether oxygens (including phenoxy) is 1. The molecule has 0 bridgehead atoms. The van der Waals surface area contributed by atoms with Crippen molar-refractivity contribution in [3.05, 3.63) is 0 Å². The lowest BCUT2D eigenvalue weighted by Gasteiger charge is -2.20. The summed E-state index contributed by atoms with van der Waals surface area (Å²) in [7, 11) is 2.11. The Balaban J connectivity index is 2.24. The van der Waals surface area contributed by atoms with Gasteiger partial charge in [-0.1, -0.05) is 6.92 Å². The summed E-state index contributed by atoms with van der Waals surface area (Å²) in [6.45, 7) is 4.20. The lowest BCUT2D eigenvalue weighted by molar-refractivity contribution is -0.00175. The van der Waals surface area contributed by atoms with Crippen LogP contribution < -0.4 is 0 Å². The van der Waals surface area contributed by atoms with Crippen LogP contribution in [0.3, 0.4) is 0 Å². The topological polar surface area (TPSA) is 12.5 Å². The first-order valence-corrected chi connectivity index (χ1v) is 3.66. The molecule has 1 aliphatic rings. The Kier molecular flexibility index (Phi) is 2.49. The average molecular weight is 129 g/mol. The Labute approximate surface area is 56.8 Å². The standard InChI is InChI=1S/C7H15NO/c1-3-8(2)7-5-4-6-9-7/h7H,3-6H2,1-2H3. The van der Waals surface area contributed by atoms with Crippen molar-refractivity contribution in [3.63, 3.8) is 0 Å². The molecule has 0 aromatic heterocycles. The van der Waals surface area contributed by atoms with Crippen molar-refractivity contribution in [1.82, 2.24) is 4.90 Å². The van der Waals surface area contributed by atoms with E-state index in [1.165, 1.54) is 12.8 Å². The van der Waals surface area contributed by atoms with E-state index in [-0.39, 0.29) is 0 Å². The maximum atomic E-state index is 5.43. The smallest absolute Gasteiger partial charge is 0.110 e. The Morgan fingerprint density at radius 3 is 2.89 bits per heavy atom. The highest BCUT2D eigenvalue weighted by atomic mass is 16.5. The summed E-state index contributed by atoms with van der Waals surface area (Å²) >= 11 is 0. The molecular weight excluding hydrogens is 114 g/mol. The van der Waals surface area contributed by atoms with Gasteiger partial charge in [0.2, 0.25) is 0 Å². The second kappa shape index (κ2) is 3.18. The van der Waals surface area contributed by atoms with E-state index >= 15 is 0 Å². The highest BCUT2D eigenvalue weighted by Crippen LogP contribution is 2.13. The first-order chi connectivity index (χ1) is 4.34. The molecule has 0 aromatic rings. The van der Waals surface area contributed by atoms with Crippen molar-refractivity contribution in [3.8, 4) is 0 Å². The van der Waals surface area contributed by atoms with Crippen molar-refractivity contribution in [1.29, 1.82) is 0 Å². The summed E-state index contributed by atoms with van der Waals surface area (Å²) in [6.07, 6.45) is 2.86. The predicted molar refractivity (Wildman–Crippen MR) is 37.3 cm³/mol. The molecule has 0 aliphatic carbocycles. The number of hydrogen-bond donors (Lipinski definition) is 0. The van der Waals surface area contributed by atoms with Gasteiger partial charge in [0.05, 0.1) is 0 Å². The van der Waals surface area contributed by atoms with Crippen molar-refractivity contribution in [2.24, 2.45) is 0 Å². The Hall–Kier alpha value is -0.0800. The van der Waals surface area contributed by atoms with E-state index in [0.717, 1.165) is 13.2 Å². The Morgan fingerprint density at radius 2 is 2.44 bits per heavy atom.